The number of rotatable bonds is 9. The van der Waals surface area contributed by atoms with Crippen LogP contribution in [-0.4, -0.2) is 29.7 Å². The van der Waals surface area contributed by atoms with Crippen LogP contribution in [0.15, 0.2) is 30.3 Å². The summed E-state index contributed by atoms with van der Waals surface area (Å²) in [7, 11) is 0. The highest BCUT2D eigenvalue weighted by Crippen LogP contribution is 2.21. The van der Waals surface area contributed by atoms with Gasteiger partial charge in [0.15, 0.2) is 0 Å². The molecule has 1 aromatic rings. The van der Waals surface area contributed by atoms with Gasteiger partial charge in [0, 0.05) is 0 Å². The molecular formula is C22H34O5. The maximum Gasteiger partial charge on any atom is 0.309 e. The molecule has 0 amide bonds. The first-order chi connectivity index (χ1) is 12.5. The first-order valence-electron chi connectivity index (χ1n) is 9.62. The standard InChI is InChI=1S/C22H34O5/c1-15(2)13-19(17(4)25-18-11-9-8-10-12-18)26-21(24)16(3)14-20(23)27-22(5,6)7/h8-12,15-17,19H,13-14H2,1-7H3/t16-,17+,19-/m1/s1. The van der Waals surface area contributed by atoms with Crippen molar-refractivity contribution in [2.45, 2.75) is 79.1 Å². The number of carbonyl (C=O) groups excluding carboxylic acids is 2. The molecule has 0 spiro atoms. The summed E-state index contributed by atoms with van der Waals surface area (Å²) >= 11 is 0. The van der Waals surface area contributed by atoms with Crippen LogP contribution < -0.4 is 4.74 Å². The molecular weight excluding hydrogens is 344 g/mol. The molecule has 0 aliphatic rings. The molecule has 1 aromatic carbocycles. The van der Waals surface area contributed by atoms with Gasteiger partial charge in [0.2, 0.25) is 0 Å². The lowest BCUT2D eigenvalue weighted by atomic mass is 10.0. The van der Waals surface area contributed by atoms with Crippen molar-refractivity contribution in [3.05, 3.63) is 30.3 Å². The summed E-state index contributed by atoms with van der Waals surface area (Å²) in [5, 5.41) is 0. The summed E-state index contributed by atoms with van der Waals surface area (Å²) in [6, 6.07) is 9.45. The SMILES string of the molecule is CC(C)C[C@@H](OC(=O)[C@H](C)CC(=O)OC(C)(C)C)[C@H](C)Oc1ccccc1. The summed E-state index contributed by atoms with van der Waals surface area (Å²) in [6.45, 7) is 13.1. The summed E-state index contributed by atoms with van der Waals surface area (Å²) in [5.41, 5.74) is -0.571. The molecule has 5 nitrogen and oxygen atoms in total. The maximum atomic E-state index is 12.5. The van der Waals surface area contributed by atoms with Gasteiger partial charge in [-0.15, -0.1) is 0 Å². The zero-order valence-electron chi connectivity index (χ0n) is 17.7. The van der Waals surface area contributed by atoms with E-state index in [0.717, 1.165) is 5.75 Å². The van der Waals surface area contributed by atoms with E-state index in [1.807, 2.05) is 37.3 Å². The molecule has 5 heteroatoms. The minimum atomic E-state index is -0.571. The number of hydrogen-bond acceptors (Lipinski definition) is 5. The van der Waals surface area contributed by atoms with Crippen LogP contribution in [0.3, 0.4) is 0 Å². The molecule has 0 aromatic heterocycles. The maximum absolute atomic E-state index is 12.5. The Morgan fingerprint density at radius 3 is 2.11 bits per heavy atom. The Labute approximate surface area is 163 Å². The average Bonchev–Trinajstić information content (AvgIpc) is 2.52. The van der Waals surface area contributed by atoms with E-state index in [9.17, 15) is 9.59 Å². The summed E-state index contributed by atoms with van der Waals surface area (Å²) < 4.78 is 16.9. The lowest BCUT2D eigenvalue weighted by Gasteiger charge is -2.27. The van der Waals surface area contributed by atoms with Gasteiger partial charge in [0.25, 0.3) is 0 Å². The second-order valence-corrected chi connectivity index (χ2v) is 8.43. The first-order valence-corrected chi connectivity index (χ1v) is 9.62. The van der Waals surface area contributed by atoms with E-state index in [2.05, 4.69) is 13.8 Å². The van der Waals surface area contributed by atoms with Gasteiger partial charge >= 0.3 is 11.9 Å². The molecule has 0 saturated carbocycles. The van der Waals surface area contributed by atoms with E-state index in [0.29, 0.717) is 12.3 Å². The number of hydrogen-bond donors (Lipinski definition) is 0. The lowest BCUT2D eigenvalue weighted by Crippen LogP contribution is -2.36. The largest absolute Gasteiger partial charge is 0.487 e. The lowest BCUT2D eigenvalue weighted by molar-refractivity contribution is -0.166. The molecule has 0 N–H and O–H groups in total. The second-order valence-electron chi connectivity index (χ2n) is 8.43. The van der Waals surface area contributed by atoms with Gasteiger partial charge < -0.3 is 14.2 Å². The second kappa shape index (κ2) is 10.3. The van der Waals surface area contributed by atoms with Crippen molar-refractivity contribution < 1.29 is 23.8 Å². The number of ether oxygens (including phenoxy) is 3. The smallest absolute Gasteiger partial charge is 0.309 e. The van der Waals surface area contributed by atoms with Crippen LogP contribution in [0.4, 0.5) is 0 Å². The highest BCUT2D eigenvalue weighted by molar-refractivity contribution is 5.79. The molecule has 3 atom stereocenters. The van der Waals surface area contributed by atoms with E-state index in [-0.39, 0.29) is 12.5 Å². The quantitative estimate of drug-likeness (QED) is 0.579. The Morgan fingerprint density at radius 1 is 1.00 bits per heavy atom. The molecule has 0 heterocycles. The molecule has 0 bridgehead atoms. The Bertz CT molecular complexity index is 588. The average molecular weight is 379 g/mol. The van der Waals surface area contributed by atoms with Gasteiger partial charge in [-0.1, -0.05) is 39.0 Å². The number of para-hydroxylation sites is 1. The van der Waals surface area contributed by atoms with Gasteiger partial charge in [0.1, 0.15) is 23.6 Å². The molecule has 0 aliphatic heterocycles. The van der Waals surface area contributed by atoms with E-state index < -0.39 is 29.6 Å². The van der Waals surface area contributed by atoms with Crippen molar-refractivity contribution in [2.75, 3.05) is 0 Å². The predicted octanol–water partition coefficient (Wildman–Crippen LogP) is 4.78. The number of benzene rings is 1. The van der Waals surface area contributed by atoms with Crippen LogP contribution >= 0.6 is 0 Å². The third-order valence-corrected chi connectivity index (χ3v) is 3.86. The van der Waals surface area contributed by atoms with Crippen molar-refractivity contribution in [3.63, 3.8) is 0 Å². The molecule has 27 heavy (non-hydrogen) atoms. The highest BCUT2D eigenvalue weighted by Gasteiger charge is 2.29. The normalized spacial score (nSPS) is 15.0. The number of esters is 2. The van der Waals surface area contributed by atoms with E-state index in [4.69, 9.17) is 14.2 Å². The van der Waals surface area contributed by atoms with Crippen LogP contribution in [-0.2, 0) is 19.1 Å². The van der Waals surface area contributed by atoms with Crippen LogP contribution in [0.1, 0.15) is 61.3 Å². The van der Waals surface area contributed by atoms with E-state index >= 15 is 0 Å². The minimum absolute atomic E-state index is 0.00156. The third-order valence-electron chi connectivity index (χ3n) is 3.86. The van der Waals surface area contributed by atoms with Crippen LogP contribution in [0.5, 0.6) is 5.75 Å². The molecule has 1 rings (SSSR count). The van der Waals surface area contributed by atoms with Crippen LogP contribution in [0, 0.1) is 11.8 Å². The molecule has 0 radical (unpaired) electrons. The molecule has 0 unspecified atom stereocenters. The first kappa shape index (κ1) is 23.0. The fraction of sp³-hybridized carbons (Fsp3) is 0.636. The fourth-order valence-corrected chi connectivity index (χ4v) is 2.57. The zero-order valence-corrected chi connectivity index (χ0v) is 17.7. The minimum Gasteiger partial charge on any atom is -0.487 e. The van der Waals surface area contributed by atoms with Crippen molar-refractivity contribution >= 4 is 11.9 Å². The van der Waals surface area contributed by atoms with Gasteiger partial charge in [-0.05, 0) is 52.2 Å². The molecule has 0 fully saturated rings. The van der Waals surface area contributed by atoms with Crippen molar-refractivity contribution in [1.82, 2.24) is 0 Å². The topological polar surface area (TPSA) is 61.8 Å². The van der Waals surface area contributed by atoms with Crippen LogP contribution in [0.2, 0.25) is 0 Å². The van der Waals surface area contributed by atoms with Crippen LogP contribution in [0.25, 0.3) is 0 Å². The Hall–Kier alpha value is -2.04. The van der Waals surface area contributed by atoms with E-state index in [1.54, 1.807) is 27.7 Å². The van der Waals surface area contributed by atoms with Crippen molar-refractivity contribution in [3.8, 4) is 5.75 Å². The van der Waals surface area contributed by atoms with E-state index in [1.165, 1.54) is 0 Å². The Balaban J connectivity index is 2.68. The summed E-state index contributed by atoms with van der Waals surface area (Å²) in [6.07, 6.45) is -0.0107. The monoisotopic (exact) mass is 378 g/mol. The predicted molar refractivity (Wildman–Crippen MR) is 105 cm³/mol. The molecule has 152 valence electrons. The Kier molecular flexibility index (Phi) is 8.80. The van der Waals surface area contributed by atoms with Gasteiger partial charge in [-0.25, -0.2) is 0 Å². The van der Waals surface area contributed by atoms with Crippen molar-refractivity contribution in [2.24, 2.45) is 11.8 Å². The molecule has 0 saturated heterocycles. The van der Waals surface area contributed by atoms with Gasteiger partial charge in [0.05, 0.1) is 12.3 Å². The number of carbonyl (C=O) groups is 2. The molecule has 0 aliphatic carbocycles. The fourth-order valence-electron chi connectivity index (χ4n) is 2.57. The summed E-state index contributed by atoms with van der Waals surface area (Å²) in [5.74, 6) is -0.309. The van der Waals surface area contributed by atoms with Crippen molar-refractivity contribution in [1.29, 1.82) is 0 Å². The third kappa shape index (κ3) is 9.45. The van der Waals surface area contributed by atoms with Gasteiger partial charge in [-0.3, -0.25) is 9.59 Å². The summed E-state index contributed by atoms with van der Waals surface area (Å²) in [4.78, 5) is 24.5. The Morgan fingerprint density at radius 2 is 1.59 bits per heavy atom. The zero-order chi connectivity index (χ0) is 20.6. The highest BCUT2D eigenvalue weighted by atomic mass is 16.6. The van der Waals surface area contributed by atoms with Gasteiger partial charge in [-0.2, -0.15) is 0 Å².